The normalized spacial score (nSPS) is 11.5. The second-order valence-corrected chi connectivity index (χ2v) is 8.50. The van der Waals surface area contributed by atoms with Crippen LogP contribution >= 0.6 is 0 Å². The number of furan rings is 1. The van der Waals surface area contributed by atoms with Crippen molar-refractivity contribution >= 4 is 50.5 Å². The zero-order valence-electron chi connectivity index (χ0n) is 19.8. The van der Waals surface area contributed by atoms with Crippen molar-refractivity contribution in [2.75, 3.05) is 19.0 Å². The second kappa shape index (κ2) is 8.75. The van der Waals surface area contributed by atoms with Crippen LogP contribution in [0.4, 0.5) is 5.69 Å². The van der Waals surface area contributed by atoms with E-state index in [1.165, 1.54) is 7.11 Å². The molecule has 35 heavy (non-hydrogen) atoms. The average molecular weight is 473 g/mol. The van der Waals surface area contributed by atoms with Gasteiger partial charge in [0, 0.05) is 28.6 Å². The van der Waals surface area contributed by atoms with Crippen molar-refractivity contribution in [2.45, 2.75) is 26.8 Å². The molecule has 0 saturated carbocycles. The van der Waals surface area contributed by atoms with Gasteiger partial charge in [-0.2, -0.15) is 5.10 Å². The summed E-state index contributed by atoms with van der Waals surface area (Å²) in [6.45, 7) is 5.29. The fourth-order valence-corrected chi connectivity index (χ4v) is 4.10. The highest BCUT2D eigenvalue weighted by molar-refractivity contribution is 6.08. The van der Waals surface area contributed by atoms with E-state index < -0.39 is 18.5 Å². The van der Waals surface area contributed by atoms with Crippen LogP contribution in [-0.4, -0.2) is 40.4 Å². The molecule has 0 unspecified atom stereocenters. The Morgan fingerprint density at radius 1 is 1.09 bits per heavy atom. The molecule has 0 aliphatic carbocycles. The van der Waals surface area contributed by atoms with Gasteiger partial charge in [0.1, 0.15) is 16.9 Å². The molecule has 9 nitrogen and oxygen atoms in total. The molecule has 0 bridgehead atoms. The number of carbonyl (C=O) groups is 2. The highest BCUT2D eigenvalue weighted by Gasteiger charge is 2.20. The van der Waals surface area contributed by atoms with Gasteiger partial charge in [-0.1, -0.05) is 18.2 Å². The number of ether oxygens (including phenoxy) is 2. The number of esters is 1. The maximum absolute atomic E-state index is 12.8. The Morgan fingerprint density at radius 3 is 2.66 bits per heavy atom. The van der Waals surface area contributed by atoms with Crippen molar-refractivity contribution in [3.63, 3.8) is 0 Å². The van der Waals surface area contributed by atoms with Crippen LogP contribution < -0.4 is 10.1 Å². The summed E-state index contributed by atoms with van der Waals surface area (Å²) >= 11 is 0. The Labute approximate surface area is 200 Å². The summed E-state index contributed by atoms with van der Waals surface area (Å²) in [7, 11) is 1.52. The van der Waals surface area contributed by atoms with E-state index in [4.69, 9.17) is 13.9 Å². The molecule has 5 aromatic rings. The van der Waals surface area contributed by atoms with Gasteiger partial charge in [0.25, 0.3) is 5.91 Å². The van der Waals surface area contributed by atoms with E-state index in [9.17, 15) is 9.59 Å². The van der Waals surface area contributed by atoms with Gasteiger partial charge in [0.2, 0.25) is 0 Å². The van der Waals surface area contributed by atoms with Crippen molar-refractivity contribution in [3.05, 3.63) is 59.9 Å². The van der Waals surface area contributed by atoms with Crippen LogP contribution in [0.1, 0.15) is 35.9 Å². The minimum absolute atomic E-state index is 0.0792. The molecular weight excluding hydrogens is 448 g/mol. The maximum Gasteiger partial charge on any atom is 0.339 e. The molecule has 5 rings (SSSR count). The topological polar surface area (TPSA) is 108 Å². The van der Waals surface area contributed by atoms with E-state index in [1.807, 2.05) is 44.2 Å². The Bertz CT molecular complexity index is 1600. The third-order valence-corrected chi connectivity index (χ3v) is 5.71. The molecule has 9 heteroatoms. The molecular formula is C26H24N4O5. The van der Waals surface area contributed by atoms with Gasteiger partial charge in [-0.3, -0.25) is 4.79 Å². The first-order valence-corrected chi connectivity index (χ1v) is 11.2. The fourth-order valence-electron chi connectivity index (χ4n) is 4.10. The van der Waals surface area contributed by atoms with E-state index in [2.05, 4.69) is 15.4 Å². The third kappa shape index (κ3) is 4.05. The van der Waals surface area contributed by atoms with Gasteiger partial charge in [-0.05, 0) is 39.0 Å². The van der Waals surface area contributed by atoms with E-state index in [-0.39, 0.29) is 6.04 Å². The number of fused-ring (bicyclic) bond motifs is 4. The smallest absolute Gasteiger partial charge is 0.339 e. The molecule has 0 spiro atoms. The van der Waals surface area contributed by atoms with E-state index in [0.717, 1.165) is 16.4 Å². The lowest BCUT2D eigenvalue weighted by atomic mass is 10.1. The molecule has 3 aromatic heterocycles. The lowest BCUT2D eigenvalue weighted by molar-refractivity contribution is -0.119. The summed E-state index contributed by atoms with van der Waals surface area (Å²) in [4.78, 5) is 30.0. The summed E-state index contributed by atoms with van der Waals surface area (Å²) in [6.07, 6.45) is 1.59. The first-order valence-electron chi connectivity index (χ1n) is 11.2. The van der Waals surface area contributed by atoms with Crippen molar-refractivity contribution in [2.24, 2.45) is 0 Å². The monoisotopic (exact) mass is 472 g/mol. The van der Waals surface area contributed by atoms with E-state index in [1.54, 1.807) is 29.9 Å². The van der Waals surface area contributed by atoms with Gasteiger partial charge in [0.15, 0.2) is 12.3 Å². The summed E-state index contributed by atoms with van der Waals surface area (Å²) in [5, 5.41) is 9.48. The lowest BCUT2D eigenvalue weighted by Gasteiger charge is -2.11. The molecule has 1 amide bonds. The van der Waals surface area contributed by atoms with Crippen LogP contribution in [-0.2, 0) is 9.53 Å². The molecule has 3 heterocycles. The lowest BCUT2D eigenvalue weighted by Crippen LogP contribution is -2.21. The largest absolute Gasteiger partial charge is 0.495 e. The number of rotatable bonds is 6. The molecule has 0 radical (unpaired) electrons. The quantitative estimate of drug-likeness (QED) is 0.346. The van der Waals surface area contributed by atoms with Crippen molar-refractivity contribution in [1.29, 1.82) is 0 Å². The Morgan fingerprint density at radius 2 is 1.89 bits per heavy atom. The number of aromatic nitrogens is 3. The molecule has 0 fully saturated rings. The summed E-state index contributed by atoms with van der Waals surface area (Å²) in [5.41, 5.74) is 3.33. The number of carbonyl (C=O) groups excluding carboxylic acids is 2. The number of amides is 1. The highest BCUT2D eigenvalue weighted by atomic mass is 16.5. The van der Waals surface area contributed by atoms with Gasteiger partial charge in [-0.15, -0.1) is 0 Å². The number of hydrogen-bond donors (Lipinski definition) is 1. The van der Waals surface area contributed by atoms with Crippen molar-refractivity contribution in [1.82, 2.24) is 14.8 Å². The van der Waals surface area contributed by atoms with Crippen LogP contribution in [0.15, 0.2) is 53.1 Å². The Balaban J connectivity index is 1.35. The molecule has 0 atom stereocenters. The fraction of sp³-hybridized carbons (Fsp3) is 0.231. The van der Waals surface area contributed by atoms with Gasteiger partial charge < -0.3 is 19.2 Å². The zero-order valence-corrected chi connectivity index (χ0v) is 19.8. The standard InChI is InChI=1S/C26H24N4O5/c1-14(2)30-25-19(12-27-30)18(9-15(3)28-25)26(32)34-13-24(31)29-20-11-22-17(10-23(20)33-4)16-7-5-6-8-21(16)35-22/h5-12,14H,13H2,1-4H3,(H,29,31). The van der Waals surface area contributed by atoms with Crippen LogP contribution in [0.3, 0.4) is 0 Å². The minimum atomic E-state index is -0.626. The number of pyridine rings is 1. The maximum atomic E-state index is 12.8. The Hall–Kier alpha value is -4.40. The first kappa shape index (κ1) is 22.4. The Kier molecular flexibility index (Phi) is 5.60. The van der Waals surface area contributed by atoms with E-state index >= 15 is 0 Å². The molecule has 0 aliphatic heterocycles. The average Bonchev–Trinajstić information content (AvgIpc) is 3.42. The number of hydrogen-bond acceptors (Lipinski definition) is 7. The predicted octanol–water partition coefficient (Wildman–Crippen LogP) is 5.02. The van der Waals surface area contributed by atoms with Gasteiger partial charge in [-0.25, -0.2) is 14.5 Å². The third-order valence-electron chi connectivity index (χ3n) is 5.71. The SMILES string of the molecule is COc1cc2c(cc1NC(=O)COC(=O)c1cc(C)nc3c1cnn3C(C)C)oc1ccccc12. The summed E-state index contributed by atoms with van der Waals surface area (Å²) in [5.74, 6) is -0.665. The minimum Gasteiger partial charge on any atom is -0.495 e. The molecule has 1 N–H and O–H groups in total. The highest BCUT2D eigenvalue weighted by Crippen LogP contribution is 2.36. The number of para-hydroxylation sites is 1. The molecule has 0 aliphatic rings. The van der Waals surface area contributed by atoms with Gasteiger partial charge in [0.05, 0.1) is 29.9 Å². The summed E-state index contributed by atoms with van der Waals surface area (Å²) in [6, 6.07) is 12.9. The zero-order chi connectivity index (χ0) is 24.7. The van der Waals surface area contributed by atoms with E-state index in [0.29, 0.717) is 39.3 Å². The summed E-state index contributed by atoms with van der Waals surface area (Å²) < 4.78 is 18.4. The number of nitrogens with one attached hydrogen (secondary N) is 1. The van der Waals surface area contributed by atoms with Crippen LogP contribution in [0.25, 0.3) is 33.0 Å². The number of anilines is 1. The van der Waals surface area contributed by atoms with Crippen LogP contribution in [0, 0.1) is 6.92 Å². The second-order valence-electron chi connectivity index (χ2n) is 8.50. The van der Waals surface area contributed by atoms with Crippen LogP contribution in [0.5, 0.6) is 5.75 Å². The van der Waals surface area contributed by atoms with Gasteiger partial charge >= 0.3 is 5.97 Å². The molecule has 178 valence electrons. The number of aryl methyl sites for hydroxylation is 1. The number of nitrogens with zero attached hydrogens (tertiary/aromatic N) is 3. The van der Waals surface area contributed by atoms with Crippen molar-refractivity contribution < 1.29 is 23.5 Å². The number of methoxy groups -OCH3 is 1. The first-order chi connectivity index (χ1) is 16.9. The molecule has 0 saturated heterocycles. The number of benzene rings is 2. The van der Waals surface area contributed by atoms with Crippen LogP contribution in [0.2, 0.25) is 0 Å². The molecule has 2 aromatic carbocycles. The predicted molar refractivity (Wildman–Crippen MR) is 132 cm³/mol. The van der Waals surface area contributed by atoms with Crippen molar-refractivity contribution in [3.8, 4) is 5.75 Å².